The Balaban J connectivity index is 1.84. The molecule has 0 aliphatic heterocycles. The first kappa shape index (κ1) is 12.7. The van der Waals surface area contributed by atoms with Crippen LogP contribution in [0.1, 0.15) is 4.88 Å². The number of hydrogen-bond donors (Lipinski definition) is 1. The average Bonchev–Trinajstić information content (AvgIpc) is 2.74. The van der Waals surface area contributed by atoms with Gasteiger partial charge in [0.15, 0.2) is 5.16 Å². The molecule has 0 unspecified atom stereocenters. The molecule has 4 nitrogen and oxygen atoms in total. The molecule has 0 aliphatic rings. The topological polar surface area (TPSA) is 64.7 Å². The summed E-state index contributed by atoms with van der Waals surface area (Å²) in [5, 5.41) is 2.52. The first-order valence-corrected chi connectivity index (χ1v) is 7.65. The number of benzene rings is 1. The number of nitrogen functional groups attached to an aromatic ring is 1. The molecule has 0 saturated heterocycles. The Hall–Kier alpha value is -1.37. The fourth-order valence-corrected chi connectivity index (χ4v) is 4.12. The Bertz CT molecular complexity index is 729. The average molecular weight is 309 g/mol. The van der Waals surface area contributed by atoms with Crippen LogP contribution in [-0.2, 0) is 5.75 Å². The normalized spacial score (nSPS) is 11.0. The van der Waals surface area contributed by atoms with Crippen LogP contribution in [0.15, 0.2) is 35.7 Å². The fraction of sp³-hybridized carbons (Fsp3) is 0.0833. The first-order chi connectivity index (χ1) is 9.24. The number of rotatable bonds is 3. The third-order valence-corrected chi connectivity index (χ3v) is 5.29. The van der Waals surface area contributed by atoms with Crippen molar-refractivity contribution in [3.63, 3.8) is 0 Å². The van der Waals surface area contributed by atoms with Crippen LogP contribution in [0, 0.1) is 0 Å². The van der Waals surface area contributed by atoms with Crippen LogP contribution < -0.4 is 5.73 Å². The van der Waals surface area contributed by atoms with Gasteiger partial charge in [0.1, 0.15) is 6.33 Å². The van der Waals surface area contributed by atoms with E-state index in [4.69, 9.17) is 17.3 Å². The predicted octanol–water partition coefficient (Wildman–Crippen LogP) is 3.61. The second kappa shape index (κ2) is 5.32. The maximum Gasteiger partial charge on any atom is 0.223 e. The van der Waals surface area contributed by atoms with Gasteiger partial charge in [0.05, 0.1) is 5.02 Å². The Morgan fingerprint density at radius 3 is 2.89 bits per heavy atom. The summed E-state index contributed by atoms with van der Waals surface area (Å²) in [6.45, 7) is 0. The highest BCUT2D eigenvalue weighted by atomic mass is 35.5. The number of aromatic nitrogens is 3. The number of nitrogens with two attached hydrogens (primary N) is 1. The quantitative estimate of drug-likeness (QED) is 0.749. The minimum Gasteiger partial charge on any atom is -0.368 e. The van der Waals surface area contributed by atoms with Gasteiger partial charge in [-0.25, -0.2) is 9.97 Å². The molecule has 0 atom stereocenters. The van der Waals surface area contributed by atoms with Crippen LogP contribution in [0.5, 0.6) is 0 Å². The molecule has 2 aromatic heterocycles. The second-order valence-electron chi connectivity index (χ2n) is 3.75. The lowest BCUT2D eigenvalue weighted by Crippen LogP contribution is -1.97. The second-order valence-corrected chi connectivity index (χ2v) is 6.21. The molecule has 0 radical (unpaired) electrons. The van der Waals surface area contributed by atoms with Gasteiger partial charge in [-0.2, -0.15) is 4.98 Å². The van der Waals surface area contributed by atoms with Crippen molar-refractivity contribution in [3.8, 4) is 0 Å². The van der Waals surface area contributed by atoms with Crippen LogP contribution in [0.3, 0.4) is 0 Å². The number of halogens is 1. The van der Waals surface area contributed by atoms with Crippen molar-refractivity contribution < 1.29 is 0 Å². The van der Waals surface area contributed by atoms with Gasteiger partial charge >= 0.3 is 0 Å². The third kappa shape index (κ3) is 2.65. The Morgan fingerprint density at radius 1 is 1.26 bits per heavy atom. The number of nitrogens with zero attached hydrogens (tertiary/aromatic N) is 3. The van der Waals surface area contributed by atoms with Gasteiger partial charge in [-0.15, -0.1) is 11.3 Å². The van der Waals surface area contributed by atoms with E-state index in [1.165, 1.54) is 22.8 Å². The van der Waals surface area contributed by atoms with E-state index in [1.54, 1.807) is 11.3 Å². The molecule has 0 fully saturated rings. The molecule has 96 valence electrons. The highest BCUT2D eigenvalue weighted by molar-refractivity contribution is 7.98. The Labute approximate surface area is 123 Å². The summed E-state index contributed by atoms with van der Waals surface area (Å²) < 4.78 is 1.19. The van der Waals surface area contributed by atoms with Gasteiger partial charge in [0, 0.05) is 20.7 Å². The van der Waals surface area contributed by atoms with Crippen molar-refractivity contribution in [1.82, 2.24) is 15.0 Å². The van der Waals surface area contributed by atoms with Gasteiger partial charge in [-0.05, 0) is 6.07 Å². The summed E-state index contributed by atoms with van der Waals surface area (Å²) in [6.07, 6.45) is 1.41. The highest BCUT2D eigenvalue weighted by Gasteiger charge is 2.10. The molecule has 0 aliphatic carbocycles. The molecule has 0 amide bonds. The third-order valence-electron chi connectivity index (χ3n) is 2.50. The molecular weight excluding hydrogens is 300 g/mol. The molecule has 0 saturated carbocycles. The highest BCUT2D eigenvalue weighted by Crippen LogP contribution is 2.37. The molecule has 2 N–H and O–H groups in total. The van der Waals surface area contributed by atoms with Gasteiger partial charge in [-0.1, -0.05) is 41.6 Å². The largest absolute Gasteiger partial charge is 0.368 e. The Morgan fingerprint density at radius 2 is 2.11 bits per heavy atom. The van der Waals surface area contributed by atoms with Crippen molar-refractivity contribution in [2.75, 3.05) is 5.73 Å². The molecule has 0 spiro atoms. The summed E-state index contributed by atoms with van der Waals surface area (Å²) in [4.78, 5) is 13.0. The van der Waals surface area contributed by atoms with E-state index in [9.17, 15) is 0 Å². The van der Waals surface area contributed by atoms with Crippen LogP contribution >= 0.6 is 34.7 Å². The Kier molecular flexibility index (Phi) is 3.54. The molecule has 2 heterocycles. The van der Waals surface area contributed by atoms with Crippen molar-refractivity contribution in [1.29, 1.82) is 0 Å². The van der Waals surface area contributed by atoms with Crippen LogP contribution in [-0.4, -0.2) is 15.0 Å². The minimum atomic E-state index is 0.236. The molecule has 7 heteroatoms. The van der Waals surface area contributed by atoms with E-state index in [-0.39, 0.29) is 5.95 Å². The van der Waals surface area contributed by atoms with Gasteiger partial charge in [0.25, 0.3) is 0 Å². The maximum atomic E-state index is 6.37. The summed E-state index contributed by atoms with van der Waals surface area (Å²) in [5.74, 6) is 0.960. The summed E-state index contributed by atoms with van der Waals surface area (Å²) in [5.41, 5.74) is 5.52. The van der Waals surface area contributed by atoms with Gasteiger partial charge in [0.2, 0.25) is 5.95 Å². The fourth-order valence-electron chi connectivity index (χ4n) is 1.65. The van der Waals surface area contributed by atoms with E-state index < -0.39 is 0 Å². The molecule has 19 heavy (non-hydrogen) atoms. The van der Waals surface area contributed by atoms with E-state index in [0.29, 0.717) is 5.16 Å². The first-order valence-electron chi connectivity index (χ1n) is 5.47. The monoisotopic (exact) mass is 308 g/mol. The van der Waals surface area contributed by atoms with Crippen LogP contribution in [0.2, 0.25) is 5.02 Å². The lowest BCUT2D eigenvalue weighted by Gasteiger charge is -1.99. The van der Waals surface area contributed by atoms with E-state index in [0.717, 1.165) is 21.0 Å². The van der Waals surface area contributed by atoms with Crippen molar-refractivity contribution in [3.05, 3.63) is 40.5 Å². The lowest BCUT2D eigenvalue weighted by atomic mass is 10.2. The summed E-state index contributed by atoms with van der Waals surface area (Å²) in [6, 6.07) is 8.10. The number of hydrogen-bond acceptors (Lipinski definition) is 6. The van der Waals surface area contributed by atoms with Gasteiger partial charge < -0.3 is 5.73 Å². The number of thiophene rings is 1. The van der Waals surface area contributed by atoms with E-state index in [2.05, 4.69) is 21.0 Å². The number of anilines is 1. The van der Waals surface area contributed by atoms with Crippen molar-refractivity contribution in [2.24, 2.45) is 0 Å². The smallest absolute Gasteiger partial charge is 0.223 e. The zero-order chi connectivity index (χ0) is 13.2. The molecular formula is C12H9ClN4S2. The maximum absolute atomic E-state index is 6.37. The lowest BCUT2D eigenvalue weighted by molar-refractivity contribution is 0.916. The van der Waals surface area contributed by atoms with Crippen molar-refractivity contribution >= 4 is 50.7 Å². The SMILES string of the molecule is Nc1ncnc(SCc2sc3ccccc3c2Cl)n1. The zero-order valence-corrected chi connectivity index (χ0v) is 12.1. The summed E-state index contributed by atoms with van der Waals surface area (Å²) >= 11 is 9.57. The van der Waals surface area contributed by atoms with E-state index >= 15 is 0 Å². The molecule has 0 bridgehead atoms. The van der Waals surface area contributed by atoms with Crippen LogP contribution in [0.25, 0.3) is 10.1 Å². The predicted molar refractivity (Wildman–Crippen MR) is 80.6 cm³/mol. The van der Waals surface area contributed by atoms with Gasteiger partial charge in [-0.3, -0.25) is 0 Å². The zero-order valence-electron chi connectivity index (χ0n) is 9.71. The number of thioether (sulfide) groups is 1. The van der Waals surface area contributed by atoms with E-state index in [1.807, 2.05) is 18.2 Å². The van der Waals surface area contributed by atoms with Crippen molar-refractivity contribution in [2.45, 2.75) is 10.9 Å². The summed E-state index contributed by atoms with van der Waals surface area (Å²) in [7, 11) is 0. The standard InChI is InChI=1S/C12H9ClN4S2/c13-10-7-3-1-2-4-8(7)19-9(10)5-18-12-16-6-15-11(14)17-12/h1-4,6H,5H2,(H2,14,15,16,17). The molecule has 1 aromatic carbocycles. The molecule has 3 aromatic rings. The number of fused-ring (bicyclic) bond motifs is 1. The minimum absolute atomic E-state index is 0.236. The van der Waals surface area contributed by atoms with Crippen LogP contribution in [0.4, 0.5) is 5.95 Å². The molecule has 3 rings (SSSR count).